The Morgan fingerprint density at radius 3 is 2.33 bits per heavy atom. The smallest absolute Gasteiger partial charge is 0.261 e. The number of nitrogens with two attached hydrogens (primary N) is 1. The summed E-state index contributed by atoms with van der Waals surface area (Å²) in [7, 11) is -3.79. The molecule has 0 saturated heterocycles. The van der Waals surface area contributed by atoms with Crippen LogP contribution < -0.4 is 10.5 Å². The predicted molar refractivity (Wildman–Crippen MR) is 82.2 cm³/mol. The van der Waals surface area contributed by atoms with Gasteiger partial charge in [0.25, 0.3) is 10.0 Å². The molecular weight excluding hydrogens is 291 g/mol. The molecule has 0 fully saturated rings. The van der Waals surface area contributed by atoms with E-state index in [1.807, 2.05) is 19.1 Å². The SMILES string of the molecule is CCc1ccc(NS(=O)(=O)c2cc(C)c(F)c(N)c2)cc1. The van der Waals surface area contributed by atoms with Gasteiger partial charge in [-0.1, -0.05) is 19.1 Å². The number of anilines is 2. The molecule has 0 aromatic heterocycles. The van der Waals surface area contributed by atoms with Crippen molar-refractivity contribution in [3.8, 4) is 0 Å². The van der Waals surface area contributed by atoms with Crippen molar-refractivity contribution in [3.63, 3.8) is 0 Å². The fraction of sp³-hybridized carbons (Fsp3) is 0.200. The van der Waals surface area contributed by atoms with Gasteiger partial charge < -0.3 is 5.73 Å². The summed E-state index contributed by atoms with van der Waals surface area (Å²) in [5.41, 5.74) is 7.05. The van der Waals surface area contributed by atoms with Crippen molar-refractivity contribution in [1.82, 2.24) is 0 Å². The van der Waals surface area contributed by atoms with Crippen molar-refractivity contribution in [2.75, 3.05) is 10.5 Å². The molecule has 2 aromatic rings. The van der Waals surface area contributed by atoms with E-state index in [2.05, 4.69) is 4.72 Å². The maximum Gasteiger partial charge on any atom is 0.261 e. The van der Waals surface area contributed by atoms with E-state index < -0.39 is 15.8 Å². The molecule has 0 unspecified atom stereocenters. The molecule has 112 valence electrons. The number of halogens is 1. The fourth-order valence-electron chi connectivity index (χ4n) is 1.94. The van der Waals surface area contributed by atoms with Gasteiger partial charge in [-0.2, -0.15) is 0 Å². The number of hydrogen-bond acceptors (Lipinski definition) is 3. The van der Waals surface area contributed by atoms with Crippen molar-refractivity contribution in [2.24, 2.45) is 0 Å². The Morgan fingerprint density at radius 2 is 1.81 bits per heavy atom. The highest BCUT2D eigenvalue weighted by Crippen LogP contribution is 2.23. The summed E-state index contributed by atoms with van der Waals surface area (Å²) in [5.74, 6) is -0.596. The number of benzene rings is 2. The highest BCUT2D eigenvalue weighted by molar-refractivity contribution is 7.92. The molecule has 2 rings (SSSR count). The second-order valence-electron chi connectivity index (χ2n) is 4.80. The average molecular weight is 308 g/mol. The summed E-state index contributed by atoms with van der Waals surface area (Å²) in [4.78, 5) is -0.0570. The molecule has 0 aliphatic heterocycles. The van der Waals surface area contributed by atoms with E-state index in [4.69, 9.17) is 5.73 Å². The van der Waals surface area contributed by atoms with Gasteiger partial charge in [0.05, 0.1) is 10.6 Å². The summed E-state index contributed by atoms with van der Waals surface area (Å²) in [5, 5.41) is 0. The highest BCUT2D eigenvalue weighted by Gasteiger charge is 2.17. The Balaban J connectivity index is 2.33. The van der Waals surface area contributed by atoms with Crippen LogP contribution in [0.15, 0.2) is 41.3 Å². The zero-order valence-corrected chi connectivity index (χ0v) is 12.7. The topological polar surface area (TPSA) is 72.2 Å². The van der Waals surface area contributed by atoms with Gasteiger partial charge in [0, 0.05) is 5.69 Å². The first-order valence-electron chi connectivity index (χ1n) is 6.51. The number of sulfonamides is 1. The van der Waals surface area contributed by atoms with Crippen LogP contribution in [0.4, 0.5) is 15.8 Å². The molecule has 0 radical (unpaired) electrons. The zero-order chi connectivity index (χ0) is 15.6. The lowest BCUT2D eigenvalue weighted by molar-refractivity contribution is 0.599. The molecule has 0 aliphatic rings. The van der Waals surface area contributed by atoms with Crippen molar-refractivity contribution >= 4 is 21.4 Å². The van der Waals surface area contributed by atoms with Gasteiger partial charge in [-0.3, -0.25) is 4.72 Å². The van der Waals surface area contributed by atoms with Gasteiger partial charge in [0.15, 0.2) is 0 Å². The molecule has 3 N–H and O–H groups in total. The lowest BCUT2D eigenvalue weighted by Gasteiger charge is -2.10. The van der Waals surface area contributed by atoms with Crippen molar-refractivity contribution in [1.29, 1.82) is 0 Å². The predicted octanol–water partition coefficient (Wildman–Crippen LogP) is 3.08. The first-order valence-corrected chi connectivity index (χ1v) is 7.99. The van der Waals surface area contributed by atoms with Gasteiger partial charge in [-0.05, 0) is 48.7 Å². The third kappa shape index (κ3) is 3.33. The molecule has 2 aromatic carbocycles. The second kappa shape index (κ2) is 5.73. The van der Waals surface area contributed by atoms with Crippen LogP contribution in [-0.2, 0) is 16.4 Å². The Morgan fingerprint density at radius 1 is 1.19 bits per heavy atom. The van der Waals surface area contributed by atoms with E-state index in [1.165, 1.54) is 13.0 Å². The van der Waals surface area contributed by atoms with Crippen LogP contribution in [0.3, 0.4) is 0 Å². The van der Waals surface area contributed by atoms with E-state index in [1.54, 1.807) is 12.1 Å². The van der Waals surface area contributed by atoms with E-state index in [-0.39, 0.29) is 16.1 Å². The number of nitrogens with one attached hydrogen (secondary N) is 1. The summed E-state index contributed by atoms with van der Waals surface area (Å²) >= 11 is 0. The largest absolute Gasteiger partial charge is 0.396 e. The monoisotopic (exact) mass is 308 g/mol. The summed E-state index contributed by atoms with van der Waals surface area (Å²) in [6.07, 6.45) is 0.876. The first kappa shape index (κ1) is 15.3. The average Bonchev–Trinajstić information content (AvgIpc) is 2.44. The molecule has 0 spiro atoms. The van der Waals surface area contributed by atoms with Crippen LogP contribution in [0.1, 0.15) is 18.1 Å². The lowest BCUT2D eigenvalue weighted by atomic mass is 10.2. The van der Waals surface area contributed by atoms with E-state index in [9.17, 15) is 12.8 Å². The van der Waals surface area contributed by atoms with Crippen LogP contribution in [-0.4, -0.2) is 8.42 Å². The Bertz CT molecular complexity index is 733. The maximum atomic E-state index is 13.5. The third-order valence-electron chi connectivity index (χ3n) is 3.18. The number of nitrogen functional groups attached to an aromatic ring is 1. The number of rotatable bonds is 4. The molecule has 0 atom stereocenters. The minimum absolute atomic E-state index is 0.0570. The highest BCUT2D eigenvalue weighted by atomic mass is 32.2. The second-order valence-corrected chi connectivity index (χ2v) is 6.48. The van der Waals surface area contributed by atoms with E-state index in [0.29, 0.717) is 5.69 Å². The van der Waals surface area contributed by atoms with E-state index >= 15 is 0 Å². The molecule has 0 bridgehead atoms. The zero-order valence-electron chi connectivity index (χ0n) is 11.9. The van der Waals surface area contributed by atoms with Crippen LogP contribution in [0.2, 0.25) is 0 Å². The molecule has 21 heavy (non-hydrogen) atoms. The van der Waals surface area contributed by atoms with Gasteiger partial charge in [-0.25, -0.2) is 12.8 Å². The summed E-state index contributed by atoms with van der Waals surface area (Å²) in [6, 6.07) is 9.45. The number of aryl methyl sites for hydroxylation is 2. The molecule has 6 heteroatoms. The fourth-order valence-corrected chi connectivity index (χ4v) is 3.12. The van der Waals surface area contributed by atoms with Crippen molar-refractivity contribution in [3.05, 3.63) is 53.3 Å². The molecule has 0 aliphatic carbocycles. The summed E-state index contributed by atoms with van der Waals surface area (Å²) in [6.45, 7) is 3.49. The normalized spacial score (nSPS) is 11.4. The molecule has 0 amide bonds. The standard InChI is InChI=1S/C15H17FN2O2S/c1-3-11-4-6-12(7-5-11)18-21(19,20)13-8-10(2)15(16)14(17)9-13/h4-9,18H,3,17H2,1-2H3. The lowest BCUT2D eigenvalue weighted by Crippen LogP contribution is -2.14. The van der Waals surface area contributed by atoms with Crippen molar-refractivity contribution in [2.45, 2.75) is 25.2 Å². The molecule has 4 nitrogen and oxygen atoms in total. The number of hydrogen-bond donors (Lipinski definition) is 2. The first-order chi connectivity index (χ1) is 9.83. The van der Waals surface area contributed by atoms with Gasteiger partial charge in [0.2, 0.25) is 0 Å². The molecule has 0 heterocycles. The van der Waals surface area contributed by atoms with Gasteiger partial charge in [0.1, 0.15) is 5.82 Å². The Hall–Kier alpha value is -2.08. The maximum absolute atomic E-state index is 13.5. The van der Waals surface area contributed by atoms with Crippen LogP contribution in [0.25, 0.3) is 0 Å². The Kier molecular flexibility index (Phi) is 4.18. The van der Waals surface area contributed by atoms with Crippen LogP contribution in [0, 0.1) is 12.7 Å². The summed E-state index contributed by atoms with van der Waals surface area (Å²) < 4.78 is 40.5. The third-order valence-corrected chi connectivity index (χ3v) is 4.54. The Labute approximate surface area is 123 Å². The van der Waals surface area contributed by atoms with Crippen LogP contribution >= 0.6 is 0 Å². The molecular formula is C15H17FN2O2S. The quantitative estimate of drug-likeness (QED) is 0.853. The minimum Gasteiger partial charge on any atom is -0.396 e. The van der Waals surface area contributed by atoms with E-state index in [0.717, 1.165) is 18.1 Å². The molecule has 0 saturated carbocycles. The van der Waals surface area contributed by atoms with Crippen molar-refractivity contribution < 1.29 is 12.8 Å². The van der Waals surface area contributed by atoms with Gasteiger partial charge >= 0.3 is 0 Å². The van der Waals surface area contributed by atoms with Crippen LogP contribution in [0.5, 0.6) is 0 Å². The minimum atomic E-state index is -3.79. The van der Waals surface area contributed by atoms with Gasteiger partial charge in [-0.15, -0.1) is 0 Å².